The van der Waals surface area contributed by atoms with Gasteiger partial charge in [0.15, 0.2) is 11.5 Å². The fourth-order valence-electron chi connectivity index (χ4n) is 3.53. The van der Waals surface area contributed by atoms with Gasteiger partial charge < -0.3 is 19.7 Å². The minimum Gasteiger partial charge on any atom is -0.490 e. The van der Waals surface area contributed by atoms with E-state index in [0.29, 0.717) is 69.5 Å². The maximum atomic E-state index is 12.9. The zero-order chi connectivity index (χ0) is 22.1. The van der Waals surface area contributed by atoms with Gasteiger partial charge in [0, 0.05) is 38.3 Å². The van der Waals surface area contributed by atoms with E-state index in [4.69, 9.17) is 9.47 Å². The normalized spacial score (nSPS) is 14.2. The highest BCUT2D eigenvalue weighted by molar-refractivity contribution is 5.95. The maximum absolute atomic E-state index is 12.9. The Morgan fingerprint density at radius 2 is 1.58 bits per heavy atom. The molecule has 2 aromatic rings. The summed E-state index contributed by atoms with van der Waals surface area (Å²) in [5.41, 5.74) is 1.66. The van der Waals surface area contributed by atoms with Crippen molar-refractivity contribution in [2.75, 3.05) is 45.9 Å². The summed E-state index contributed by atoms with van der Waals surface area (Å²) in [7, 11) is 0. The Kier molecular flexibility index (Phi) is 8.29. The van der Waals surface area contributed by atoms with E-state index in [0.717, 1.165) is 5.56 Å². The third-order valence-electron chi connectivity index (χ3n) is 5.15. The molecule has 0 aliphatic carbocycles. The SMILES string of the molecule is CCOc1ccc(C(=O)N2CCN(CC(=O)NCc3ccccc3)CC2)cc1OCC. The highest BCUT2D eigenvalue weighted by Gasteiger charge is 2.24. The molecular formula is C24H31N3O4. The molecule has 7 nitrogen and oxygen atoms in total. The largest absolute Gasteiger partial charge is 0.490 e. The van der Waals surface area contributed by atoms with Crippen LogP contribution in [0.1, 0.15) is 29.8 Å². The molecule has 0 bridgehead atoms. The van der Waals surface area contributed by atoms with Crippen LogP contribution in [0.3, 0.4) is 0 Å². The van der Waals surface area contributed by atoms with Crippen molar-refractivity contribution in [3.8, 4) is 11.5 Å². The first-order valence-corrected chi connectivity index (χ1v) is 10.8. The molecule has 1 heterocycles. The van der Waals surface area contributed by atoms with Gasteiger partial charge in [-0.3, -0.25) is 14.5 Å². The van der Waals surface area contributed by atoms with E-state index < -0.39 is 0 Å². The lowest BCUT2D eigenvalue weighted by atomic mass is 10.1. The van der Waals surface area contributed by atoms with Crippen LogP contribution in [0.25, 0.3) is 0 Å². The van der Waals surface area contributed by atoms with Gasteiger partial charge in [-0.1, -0.05) is 30.3 Å². The van der Waals surface area contributed by atoms with Gasteiger partial charge in [0.05, 0.1) is 19.8 Å². The summed E-state index contributed by atoms with van der Waals surface area (Å²) >= 11 is 0. The predicted molar refractivity (Wildman–Crippen MR) is 119 cm³/mol. The predicted octanol–water partition coefficient (Wildman–Crippen LogP) is 2.56. The summed E-state index contributed by atoms with van der Waals surface area (Å²) in [6.45, 7) is 8.22. The maximum Gasteiger partial charge on any atom is 0.254 e. The molecule has 0 aromatic heterocycles. The number of carbonyl (C=O) groups is 2. The van der Waals surface area contributed by atoms with Gasteiger partial charge in [-0.2, -0.15) is 0 Å². The van der Waals surface area contributed by atoms with Crippen LogP contribution in [0.5, 0.6) is 11.5 Å². The minimum atomic E-state index is -0.0304. The van der Waals surface area contributed by atoms with Gasteiger partial charge in [-0.05, 0) is 37.6 Å². The van der Waals surface area contributed by atoms with Gasteiger partial charge in [0.25, 0.3) is 5.91 Å². The molecule has 7 heteroatoms. The number of benzene rings is 2. The van der Waals surface area contributed by atoms with E-state index in [9.17, 15) is 9.59 Å². The van der Waals surface area contributed by atoms with Gasteiger partial charge in [0.2, 0.25) is 5.91 Å². The van der Waals surface area contributed by atoms with Crippen molar-refractivity contribution < 1.29 is 19.1 Å². The Morgan fingerprint density at radius 1 is 0.903 bits per heavy atom. The second-order valence-corrected chi connectivity index (χ2v) is 7.36. The number of hydrogen-bond acceptors (Lipinski definition) is 5. The first kappa shape index (κ1) is 22.6. The molecule has 0 unspecified atom stereocenters. The lowest BCUT2D eigenvalue weighted by molar-refractivity contribution is -0.122. The quantitative estimate of drug-likeness (QED) is 0.669. The second kappa shape index (κ2) is 11.4. The van der Waals surface area contributed by atoms with Crippen molar-refractivity contribution in [2.24, 2.45) is 0 Å². The van der Waals surface area contributed by atoms with Crippen LogP contribution in [-0.4, -0.2) is 67.6 Å². The Morgan fingerprint density at radius 3 is 2.26 bits per heavy atom. The smallest absolute Gasteiger partial charge is 0.254 e. The molecule has 2 aromatic carbocycles. The molecule has 1 saturated heterocycles. The lowest BCUT2D eigenvalue weighted by Crippen LogP contribution is -2.51. The van der Waals surface area contributed by atoms with Crippen LogP contribution >= 0.6 is 0 Å². The summed E-state index contributed by atoms with van der Waals surface area (Å²) < 4.78 is 11.2. The van der Waals surface area contributed by atoms with Crippen LogP contribution in [0.4, 0.5) is 0 Å². The van der Waals surface area contributed by atoms with E-state index >= 15 is 0 Å². The van der Waals surface area contributed by atoms with Crippen LogP contribution in [0.15, 0.2) is 48.5 Å². The molecule has 2 amide bonds. The minimum absolute atomic E-state index is 0.00324. The number of rotatable bonds is 9. The molecule has 1 aliphatic heterocycles. The van der Waals surface area contributed by atoms with E-state index in [2.05, 4.69) is 10.2 Å². The fraction of sp³-hybridized carbons (Fsp3) is 0.417. The Bertz CT molecular complexity index is 864. The van der Waals surface area contributed by atoms with E-state index in [1.165, 1.54) is 0 Å². The lowest BCUT2D eigenvalue weighted by Gasteiger charge is -2.34. The van der Waals surface area contributed by atoms with Crippen molar-refractivity contribution in [2.45, 2.75) is 20.4 Å². The Hall–Kier alpha value is -3.06. The first-order chi connectivity index (χ1) is 15.1. The van der Waals surface area contributed by atoms with E-state index in [1.54, 1.807) is 18.2 Å². The van der Waals surface area contributed by atoms with Crippen molar-refractivity contribution in [1.82, 2.24) is 15.1 Å². The number of hydrogen-bond donors (Lipinski definition) is 1. The topological polar surface area (TPSA) is 71.1 Å². The number of piperazine rings is 1. The molecular weight excluding hydrogens is 394 g/mol. The molecule has 1 fully saturated rings. The van der Waals surface area contributed by atoms with Crippen LogP contribution in [0, 0.1) is 0 Å². The van der Waals surface area contributed by atoms with Gasteiger partial charge >= 0.3 is 0 Å². The molecule has 1 N–H and O–H groups in total. The van der Waals surface area contributed by atoms with Crippen molar-refractivity contribution in [3.05, 3.63) is 59.7 Å². The number of amides is 2. The van der Waals surface area contributed by atoms with Gasteiger partial charge in [0.1, 0.15) is 0 Å². The zero-order valence-electron chi connectivity index (χ0n) is 18.3. The molecule has 31 heavy (non-hydrogen) atoms. The number of carbonyl (C=O) groups excluding carboxylic acids is 2. The van der Waals surface area contributed by atoms with Crippen molar-refractivity contribution in [3.63, 3.8) is 0 Å². The highest BCUT2D eigenvalue weighted by atomic mass is 16.5. The fourth-order valence-corrected chi connectivity index (χ4v) is 3.53. The van der Waals surface area contributed by atoms with Gasteiger partial charge in [-0.15, -0.1) is 0 Å². The number of nitrogens with zero attached hydrogens (tertiary/aromatic N) is 2. The molecule has 0 radical (unpaired) electrons. The monoisotopic (exact) mass is 425 g/mol. The zero-order valence-corrected chi connectivity index (χ0v) is 18.3. The summed E-state index contributed by atoms with van der Waals surface area (Å²) in [6, 6.07) is 15.2. The third-order valence-corrected chi connectivity index (χ3v) is 5.15. The second-order valence-electron chi connectivity index (χ2n) is 7.36. The first-order valence-electron chi connectivity index (χ1n) is 10.8. The molecule has 3 rings (SSSR count). The molecule has 0 atom stereocenters. The molecule has 166 valence electrons. The summed E-state index contributed by atoms with van der Waals surface area (Å²) in [6.07, 6.45) is 0. The van der Waals surface area contributed by atoms with Crippen LogP contribution in [-0.2, 0) is 11.3 Å². The molecule has 0 saturated carbocycles. The standard InChI is InChI=1S/C24H31N3O4/c1-3-30-21-11-10-20(16-22(21)31-4-2)24(29)27-14-12-26(13-15-27)18-23(28)25-17-19-8-6-5-7-9-19/h5-11,16H,3-4,12-15,17-18H2,1-2H3,(H,25,28). The highest BCUT2D eigenvalue weighted by Crippen LogP contribution is 2.29. The third kappa shape index (κ3) is 6.46. The van der Waals surface area contributed by atoms with Crippen LogP contribution in [0.2, 0.25) is 0 Å². The molecule has 1 aliphatic rings. The van der Waals surface area contributed by atoms with Gasteiger partial charge in [-0.25, -0.2) is 0 Å². The van der Waals surface area contributed by atoms with E-state index in [1.807, 2.05) is 49.1 Å². The summed E-state index contributed by atoms with van der Waals surface area (Å²) in [5, 5.41) is 2.95. The average Bonchev–Trinajstić information content (AvgIpc) is 2.80. The number of nitrogens with one attached hydrogen (secondary N) is 1. The Labute approximate surface area is 183 Å². The summed E-state index contributed by atoms with van der Waals surface area (Å²) in [4.78, 5) is 29.1. The Balaban J connectivity index is 1.49. The summed E-state index contributed by atoms with van der Waals surface area (Å²) in [5.74, 6) is 1.20. The van der Waals surface area contributed by atoms with Crippen molar-refractivity contribution in [1.29, 1.82) is 0 Å². The van der Waals surface area contributed by atoms with Crippen molar-refractivity contribution >= 4 is 11.8 Å². The number of ether oxygens (including phenoxy) is 2. The van der Waals surface area contributed by atoms with E-state index in [-0.39, 0.29) is 11.8 Å². The average molecular weight is 426 g/mol. The van der Waals surface area contributed by atoms with Crippen LogP contribution < -0.4 is 14.8 Å². The molecule has 0 spiro atoms.